The summed E-state index contributed by atoms with van der Waals surface area (Å²) in [5.74, 6) is -1.39. The van der Waals surface area contributed by atoms with Gasteiger partial charge in [0.2, 0.25) is 0 Å². The van der Waals surface area contributed by atoms with Crippen LogP contribution in [0.25, 0.3) is 32.6 Å². The van der Waals surface area contributed by atoms with Crippen molar-refractivity contribution in [3.05, 3.63) is 52.5 Å². The molecule has 1 heterocycles. The highest BCUT2D eigenvalue weighted by Gasteiger charge is 2.15. The van der Waals surface area contributed by atoms with E-state index in [0.717, 1.165) is 38.1 Å². The van der Waals surface area contributed by atoms with E-state index in [9.17, 15) is 9.90 Å². The number of carbonyl (C=O) groups is 1. The molecule has 0 amide bonds. The smallest absolute Gasteiger partial charge is 0.339 e. The summed E-state index contributed by atoms with van der Waals surface area (Å²) in [7, 11) is 0. The number of H-pyrrole nitrogens is 1. The summed E-state index contributed by atoms with van der Waals surface area (Å²) in [6, 6.07) is 10.6. The number of benzene rings is 3. The van der Waals surface area contributed by atoms with Crippen LogP contribution in [-0.2, 0) is 0 Å². The number of aromatic nitrogens is 1. The Morgan fingerprint density at radius 3 is 2.57 bits per heavy atom. The van der Waals surface area contributed by atoms with Crippen molar-refractivity contribution in [2.45, 2.75) is 6.92 Å². The van der Waals surface area contributed by atoms with Crippen LogP contribution >= 0.6 is 11.6 Å². The molecule has 0 spiro atoms. The number of halogens is 1. The molecule has 4 aromatic rings. The molecule has 23 heavy (non-hydrogen) atoms. The average Bonchev–Trinajstić information content (AvgIpc) is 2.86. The van der Waals surface area contributed by atoms with Gasteiger partial charge in [0.1, 0.15) is 11.3 Å². The molecule has 0 aliphatic heterocycles. The van der Waals surface area contributed by atoms with Crippen molar-refractivity contribution >= 4 is 50.1 Å². The summed E-state index contributed by atoms with van der Waals surface area (Å²) >= 11 is 6.16. The number of phenols is 1. The molecule has 0 bridgehead atoms. The Bertz CT molecular complexity index is 1130. The van der Waals surface area contributed by atoms with Crippen LogP contribution in [-0.4, -0.2) is 21.2 Å². The third-order valence-corrected chi connectivity index (χ3v) is 4.43. The first kappa shape index (κ1) is 13.9. The molecular formula is C18H12ClNO3. The van der Waals surface area contributed by atoms with Crippen molar-refractivity contribution in [3.8, 4) is 5.75 Å². The summed E-state index contributed by atoms with van der Waals surface area (Å²) in [4.78, 5) is 14.5. The highest BCUT2D eigenvalue weighted by atomic mass is 35.5. The van der Waals surface area contributed by atoms with Crippen molar-refractivity contribution in [2.75, 3.05) is 0 Å². The molecule has 3 aromatic carbocycles. The minimum atomic E-state index is -1.15. The van der Waals surface area contributed by atoms with Gasteiger partial charge in [-0.15, -0.1) is 0 Å². The zero-order chi connectivity index (χ0) is 16.3. The molecule has 0 unspecified atom stereocenters. The summed E-state index contributed by atoms with van der Waals surface area (Å²) in [5, 5.41) is 23.3. The van der Waals surface area contributed by atoms with Gasteiger partial charge in [0.05, 0.1) is 5.52 Å². The van der Waals surface area contributed by atoms with E-state index in [-0.39, 0.29) is 11.3 Å². The Hall–Kier alpha value is -2.72. The van der Waals surface area contributed by atoms with Gasteiger partial charge < -0.3 is 15.2 Å². The van der Waals surface area contributed by atoms with Crippen LogP contribution in [0.5, 0.6) is 5.75 Å². The quantitative estimate of drug-likeness (QED) is 0.469. The normalized spacial score (nSPS) is 11.6. The number of carboxylic acids is 1. The number of hydrogen-bond acceptors (Lipinski definition) is 2. The van der Waals surface area contributed by atoms with Crippen LogP contribution in [0, 0.1) is 6.92 Å². The third kappa shape index (κ3) is 1.95. The minimum absolute atomic E-state index is 0.104. The van der Waals surface area contributed by atoms with Gasteiger partial charge in [0.15, 0.2) is 0 Å². The molecule has 4 nitrogen and oxygen atoms in total. The average molecular weight is 326 g/mol. The van der Waals surface area contributed by atoms with Gasteiger partial charge in [-0.1, -0.05) is 23.7 Å². The topological polar surface area (TPSA) is 73.3 Å². The predicted molar refractivity (Wildman–Crippen MR) is 91.7 cm³/mol. The highest BCUT2D eigenvalue weighted by Crippen LogP contribution is 2.36. The van der Waals surface area contributed by atoms with E-state index in [2.05, 4.69) is 4.98 Å². The van der Waals surface area contributed by atoms with E-state index in [1.165, 1.54) is 12.1 Å². The van der Waals surface area contributed by atoms with Gasteiger partial charge in [-0.3, -0.25) is 0 Å². The molecule has 0 saturated heterocycles. The number of fused-ring (bicyclic) bond motifs is 5. The Kier molecular flexibility index (Phi) is 2.80. The standard InChI is InChI=1S/C18H12ClNO3/c1-8-4-10(19)6-13-11-3-2-9-5-14(18(22)23)15(21)7-12(9)17(11)20-16(8)13/h2-7,20-21H,1H3,(H,22,23). The van der Waals surface area contributed by atoms with E-state index < -0.39 is 5.97 Å². The lowest BCUT2D eigenvalue weighted by Crippen LogP contribution is -1.96. The number of aromatic carboxylic acids is 1. The third-order valence-electron chi connectivity index (χ3n) is 4.21. The van der Waals surface area contributed by atoms with Gasteiger partial charge in [-0.25, -0.2) is 4.79 Å². The second-order valence-electron chi connectivity index (χ2n) is 5.65. The van der Waals surface area contributed by atoms with E-state index >= 15 is 0 Å². The largest absolute Gasteiger partial charge is 0.507 e. The second kappa shape index (κ2) is 4.64. The fourth-order valence-corrected chi connectivity index (χ4v) is 3.41. The Balaban J connectivity index is 2.19. The molecule has 5 heteroatoms. The lowest BCUT2D eigenvalue weighted by Gasteiger charge is -2.04. The number of aromatic amines is 1. The monoisotopic (exact) mass is 325 g/mol. The molecule has 0 aliphatic carbocycles. The number of aryl methyl sites for hydroxylation is 1. The molecule has 0 atom stereocenters. The SMILES string of the molecule is Cc1cc(Cl)cc2c1[nH]c1c3cc(O)c(C(=O)O)cc3ccc21. The highest BCUT2D eigenvalue weighted by molar-refractivity contribution is 6.32. The summed E-state index contributed by atoms with van der Waals surface area (Å²) in [5.41, 5.74) is 2.77. The first-order valence-corrected chi connectivity index (χ1v) is 7.44. The fourth-order valence-electron chi connectivity index (χ4n) is 3.14. The molecule has 0 aliphatic rings. The van der Waals surface area contributed by atoms with Crippen LogP contribution < -0.4 is 0 Å². The molecule has 0 saturated carbocycles. The predicted octanol–water partition coefficient (Wildman–Crippen LogP) is 4.84. The number of rotatable bonds is 1. The van der Waals surface area contributed by atoms with Crippen LogP contribution in [0.3, 0.4) is 0 Å². The van der Waals surface area contributed by atoms with Crippen molar-refractivity contribution < 1.29 is 15.0 Å². The molecule has 3 N–H and O–H groups in total. The summed E-state index contributed by atoms with van der Waals surface area (Å²) in [6.45, 7) is 1.98. The second-order valence-corrected chi connectivity index (χ2v) is 6.09. The Morgan fingerprint density at radius 1 is 1.04 bits per heavy atom. The zero-order valence-corrected chi connectivity index (χ0v) is 12.9. The minimum Gasteiger partial charge on any atom is -0.507 e. The Morgan fingerprint density at radius 2 is 1.83 bits per heavy atom. The van der Waals surface area contributed by atoms with Crippen LogP contribution in [0.4, 0.5) is 0 Å². The van der Waals surface area contributed by atoms with E-state index in [1.54, 1.807) is 0 Å². The lowest BCUT2D eigenvalue weighted by molar-refractivity contribution is 0.0694. The van der Waals surface area contributed by atoms with Crippen LogP contribution in [0.1, 0.15) is 15.9 Å². The maximum atomic E-state index is 11.2. The van der Waals surface area contributed by atoms with E-state index in [4.69, 9.17) is 16.7 Å². The van der Waals surface area contributed by atoms with Crippen molar-refractivity contribution in [1.82, 2.24) is 4.98 Å². The van der Waals surface area contributed by atoms with Crippen molar-refractivity contribution in [3.63, 3.8) is 0 Å². The van der Waals surface area contributed by atoms with E-state index in [1.807, 2.05) is 31.2 Å². The Labute approximate surface area is 135 Å². The van der Waals surface area contributed by atoms with Gasteiger partial charge in [-0.2, -0.15) is 0 Å². The van der Waals surface area contributed by atoms with Gasteiger partial charge in [-0.05, 0) is 42.1 Å². The lowest BCUT2D eigenvalue weighted by atomic mass is 10.0. The molecule has 4 rings (SSSR count). The van der Waals surface area contributed by atoms with Gasteiger partial charge in [0.25, 0.3) is 0 Å². The number of aromatic hydroxyl groups is 1. The van der Waals surface area contributed by atoms with Crippen molar-refractivity contribution in [2.24, 2.45) is 0 Å². The maximum Gasteiger partial charge on any atom is 0.339 e. The molecular weight excluding hydrogens is 314 g/mol. The number of carboxylic acid groups (broad SMARTS) is 1. The van der Waals surface area contributed by atoms with Crippen molar-refractivity contribution in [1.29, 1.82) is 0 Å². The summed E-state index contributed by atoms with van der Waals surface area (Å²) < 4.78 is 0. The summed E-state index contributed by atoms with van der Waals surface area (Å²) in [6.07, 6.45) is 0. The first-order valence-electron chi connectivity index (χ1n) is 7.06. The molecule has 1 aromatic heterocycles. The molecule has 0 radical (unpaired) electrons. The number of hydrogen-bond donors (Lipinski definition) is 3. The number of nitrogens with one attached hydrogen (secondary N) is 1. The van der Waals surface area contributed by atoms with Gasteiger partial charge >= 0.3 is 5.97 Å². The first-order chi connectivity index (χ1) is 11.0. The van der Waals surface area contributed by atoms with Crippen LogP contribution in [0.15, 0.2) is 36.4 Å². The zero-order valence-electron chi connectivity index (χ0n) is 12.1. The fraction of sp³-hybridized carbons (Fsp3) is 0.0556. The molecule has 114 valence electrons. The molecule has 0 fully saturated rings. The van der Waals surface area contributed by atoms with Crippen LogP contribution in [0.2, 0.25) is 5.02 Å². The van der Waals surface area contributed by atoms with Gasteiger partial charge in [0, 0.05) is 26.7 Å². The van der Waals surface area contributed by atoms with E-state index in [0.29, 0.717) is 5.02 Å². The maximum absolute atomic E-state index is 11.2.